The molecule has 0 radical (unpaired) electrons. The Bertz CT molecular complexity index is 1620. The fourth-order valence-electron chi connectivity index (χ4n) is 8.67. The molecular formula is C44H58N2O4. The Morgan fingerprint density at radius 2 is 1.10 bits per heavy atom. The third kappa shape index (κ3) is 8.94. The summed E-state index contributed by atoms with van der Waals surface area (Å²) >= 11 is 0. The van der Waals surface area contributed by atoms with E-state index >= 15 is 0 Å². The quantitative estimate of drug-likeness (QED) is 0.0917. The Morgan fingerprint density at radius 1 is 0.660 bits per heavy atom. The zero-order chi connectivity index (χ0) is 35.6. The van der Waals surface area contributed by atoms with E-state index in [2.05, 4.69) is 86.6 Å². The zero-order valence-corrected chi connectivity index (χ0v) is 30.3. The van der Waals surface area contributed by atoms with Crippen molar-refractivity contribution in [3.05, 3.63) is 96.1 Å². The first-order chi connectivity index (χ1) is 24.1. The molecule has 1 fully saturated rings. The highest BCUT2D eigenvalue weighted by Gasteiger charge is 2.49. The Hall–Kier alpha value is -3.74. The minimum absolute atomic E-state index is 0.0690. The lowest BCUT2D eigenvalue weighted by molar-refractivity contribution is -0.159. The Kier molecular flexibility index (Phi) is 12.7. The van der Waals surface area contributed by atoms with Gasteiger partial charge in [-0.25, -0.2) is 0 Å². The van der Waals surface area contributed by atoms with Crippen molar-refractivity contribution in [3.63, 3.8) is 0 Å². The molecule has 5 rings (SSSR count). The van der Waals surface area contributed by atoms with Crippen LogP contribution in [0.4, 0.5) is 0 Å². The van der Waals surface area contributed by atoms with E-state index in [0.717, 1.165) is 57.8 Å². The molecule has 2 atom stereocenters. The second-order valence-corrected chi connectivity index (χ2v) is 15.1. The van der Waals surface area contributed by atoms with E-state index < -0.39 is 22.5 Å². The number of primary amides is 1. The standard InChI is InChI=1S/C44H58N2O4/c1-3-26-42(49,28-14-22-36-20-12-18-34-16-6-8-24-38(34)36)32-46(41(48)44(40(45)47)30-10-5-11-31-44)33-43(50,27-4-2)29-15-23-37-21-13-19-35-17-7-9-25-39(35)37/h6-9,12-13,16-21,24-25,49-50H,3-5,10-11,14-15,22-23,26-33H2,1-2H3,(H2,45,47). The summed E-state index contributed by atoms with van der Waals surface area (Å²) in [5.41, 5.74) is 4.90. The molecule has 2 unspecified atom stereocenters. The van der Waals surface area contributed by atoms with Gasteiger partial charge in [0.2, 0.25) is 11.8 Å². The van der Waals surface area contributed by atoms with Crippen LogP contribution in [0.5, 0.6) is 0 Å². The number of aryl methyl sites for hydroxylation is 2. The van der Waals surface area contributed by atoms with Crippen LogP contribution < -0.4 is 5.73 Å². The fraction of sp³-hybridized carbons (Fsp3) is 0.500. The van der Waals surface area contributed by atoms with Gasteiger partial charge in [0, 0.05) is 13.1 Å². The lowest BCUT2D eigenvalue weighted by Crippen LogP contribution is -2.59. The first kappa shape index (κ1) is 37.5. The third-order valence-corrected chi connectivity index (χ3v) is 11.2. The Morgan fingerprint density at radius 3 is 1.54 bits per heavy atom. The van der Waals surface area contributed by atoms with Crippen LogP contribution in [0.3, 0.4) is 0 Å². The van der Waals surface area contributed by atoms with E-state index in [1.165, 1.54) is 32.7 Å². The molecule has 0 aromatic heterocycles. The summed E-state index contributed by atoms with van der Waals surface area (Å²) in [6, 6.07) is 29.4. The van der Waals surface area contributed by atoms with Gasteiger partial charge in [0.1, 0.15) is 5.41 Å². The van der Waals surface area contributed by atoms with Crippen LogP contribution in [0, 0.1) is 5.41 Å². The van der Waals surface area contributed by atoms with Gasteiger partial charge in [-0.3, -0.25) is 9.59 Å². The number of nitrogens with zero attached hydrogens (tertiary/aromatic N) is 1. The molecular weight excluding hydrogens is 620 g/mol. The predicted octanol–water partition coefficient (Wildman–Crippen LogP) is 8.67. The SMILES string of the molecule is CCCC(O)(CCCc1cccc2ccccc12)CN(CC(O)(CCC)CCCc1cccc2ccccc12)C(=O)C1(C(N)=O)CCCCC1. The molecule has 1 aliphatic rings. The van der Waals surface area contributed by atoms with Crippen molar-refractivity contribution < 1.29 is 19.8 Å². The number of benzene rings is 4. The van der Waals surface area contributed by atoms with Gasteiger partial charge >= 0.3 is 0 Å². The zero-order valence-electron chi connectivity index (χ0n) is 30.3. The number of hydrogen-bond acceptors (Lipinski definition) is 4. The van der Waals surface area contributed by atoms with Crippen molar-refractivity contribution in [2.45, 2.75) is 121 Å². The largest absolute Gasteiger partial charge is 0.388 e. The van der Waals surface area contributed by atoms with E-state index in [1.54, 1.807) is 4.90 Å². The lowest BCUT2D eigenvalue weighted by atomic mass is 9.72. The lowest BCUT2D eigenvalue weighted by Gasteiger charge is -2.44. The van der Waals surface area contributed by atoms with E-state index in [9.17, 15) is 19.8 Å². The second kappa shape index (κ2) is 17.0. The first-order valence-electron chi connectivity index (χ1n) is 19.1. The molecule has 4 N–H and O–H groups in total. The average Bonchev–Trinajstić information content (AvgIpc) is 3.11. The summed E-state index contributed by atoms with van der Waals surface area (Å²) in [4.78, 5) is 29.5. The monoisotopic (exact) mass is 678 g/mol. The van der Waals surface area contributed by atoms with Crippen LogP contribution in [-0.2, 0) is 22.4 Å². The molecule has 1 aliphatic carbocycles. The van der Waals surface area contributed by atoms with Gasteiger partial charge in [-0.15, -0.1) is 0 Å². The average molecular weight is 679 g/mol. The van der Waals surface area contributed by atoms with Gasteiger partial charge in [-0.2, -0.15) is 0 Å². The maximum atomic E-state index is 14.7. The fourth-order valence-corrected chi connectivity index (χ4v) is 8.67. The molecule has 4 aromatic rings. The number of nitrogens with two attached hydrogens (primary N) is 1. The normalized spacial score (nSPS) is 16.9. The van der Waals surface area contributed by atoms with Crippen molar-refractivity contribution in [2.75, 3.05) is 13.1 Å². The molecule has 0 bridgehead atoms. The topological polar surface area (TPSA) is 104 Å². The highest BCUT2D eigenvalue weighted by molar-refractivity contribution is 6.04. The number of aliphatic hydroxyl groups is 2. The minimum Gasteiger partial charge on any atom is -0.388 e. The molecule has 0 heterocycles. The summed E-state index contributed by atoms with van der Waals surface area (Å²) in [6.45, 7) is 4.24. The van der Waals surface area contributed by atoms with Crippen molar-refractivity contribution >= 4 is 33.4 Å². The van der Waals surface area contributed by atoms with E-state index in [4.69, 9.17) is 5.73 Å². The van der Waals surface area contributed by atoms with Crippen LogP contribution in [-0.4, -0.2) is 51.2 Å². The molecule has 0 aliphatic heterocycles. The molecule has 2 amide bonds. The van der Waals surface area contributed by atoms with Crippen molar-refractivity contribution in [1.29, 1.82) is 0 Å². The maximum Gasteiger partial charge on any atom is 0.238 e. The number of carbonyl (C=O) groups excluding carboxylic acids is 2. The van der Waals surface area contributed by atoms with Crippen LogP contribution >= 0.6 is 0 Å². The van der Waals surface area contributed by atoms with Gasteiger partial charge < -0.3 is 20.8 Å². The summed E-state index contributed by atoms with van der Waals surface area (Å²) in [7, 11) is 0. The van der Waals surface area contributed by atoms with Crippen LogP contribution in [0.25, 0.3) is 21.5 Å². The van der Waals surface area contributed by atoms with Gasteiger partial charge in [0.25, 0.3) is 0 Å². The van der Waals surface area contributed by atoms with Gasteiger partial charge in [0.05, 0.1) is 11.2 Å². The van der Waals surface area contributed by atoms with Crippen molar-refractivity contribution in [3.8, 4) is 0 Å². The Balaban J connectivity index is 1.38. The smallest absolute Gasteiger partial charge is 0.238 e. The summed E-state index contributed by atoms with van der Waals surface area (Å²) in [6.07, 6.45) is 9.96. The molecule has 0 spiro atoms. The predicted molar refractivity (Wildman–Crippen MR) is 205 cm³/mol. The van der Waals surface area contributed by atoms with Crippen molar-refractivity contribution in [2.24, 2.45) is 11.1 Å². The third-order valence-electron chi connectivity index (χ3n) is 11.2. The van der Waals surface area contributed by atoms with Gasteiger partial charge in [-0.05, 0) is 96.9 Å². The number of carbonyl (C=O) groups is 2. The molecule has 50 heavy (non-hydrogen) atoms. The molecule has 6 nitrogen and oxygen atoms in total. The van der Waals surface area contributed by atoms with Crippen LogP contribution in [0.15, 0.2) is 84.9 Å². The number of rotatable bonds is 18. The van der Waals surface area contributed by atoms with Gasteiger partial charge in [0.15, 0.2) is 0 Å². The minimum atomic E-state index is -1.30. The number of hydrogen-bond donors (Lipinski definition) is 3. The molecule has 0 saturated heterocycles. The summed E-state index contributed by atoms with van der Waals surface area (Å²) in [5.74, 6) is -0.908. The number of fused-ring (bicyclic) bond motifs is 2. The van der Waals surface area contributed by atoms with Gasteiger partial charge in [-0.1, -0.05) is 131 Å². The van der Waals surface area contributed by atoms with E-state index in [-0.39, 0.29) is 19.0 Å². The van der Waals surface area contributed by atoms with Crippen LogP contribution in [0.1, 0.15) is 108 Å². The number of amides is 2. The Labute approximate surface area is 299 Å². The second-order valence-electron chi connectivity index (χ2n) is 15.1. The highest BCUT2D eigenvalue weighted by atomic mass is 16.3. The molecule has 6 heteroatoms. The summed E-state index contributed by atoms with van der Waals surface area (Å²) in [5, 5.41) is 29.4. The van der Waals surface area contributed by atoms with Crippen molar-refractivity contribution in [1.82, 2.24) is 4.90 Å². The van der Waals surface area contributed by atoms with E-state index in [1.807, 2.05) is 12.1 Å². The molecule has 4 aromatic carbocycles. The summed E-state index contributed by atoms with van der Waals surface area (Å²) < 4.78 is 0. The van der Waals surface area contributed by atoms with Crippen LogP contribution in [0.2, 0.25) is 0 Å². The van der Waals surface area contributed by atoms with E-state index in [0.29, 0.717) is 38.5 Å². The molecule has 268 valence electrons. The first-order valence-corrected chi connectivity index (χ1v) is 19.1. The highest BCUT2D eigenvalue weighted by Crippen LogP contribution is 2.40. The molecule has 1 saturated carbocycles. The maximum absolute atomic E-state index is 14.7.